The van der Waals surface area contributed by atoms with Crippen LogP contribution in [0.25, 0.3) is 55.2 Å². The number of benzene rings is 7. The number of furan rings is 1. The van der Waals surface area contributed by atoms with Crippen LogP contribution in [0, 0.1) is 5.92 Å². The minimum absolute atomic E-state index is 0.0409. The molecule has 4 heteroatoms. The van der Waals surface area contributed by atoms with Gasteiger partial charge in [-0.1, -0.05) is 140 Å². The molecular weight excluding hydrogens is 743 g/mol. The maximum Gasteiger partial charge on any atom is 0.153 e. The summed E-state index contributed by atoms with van der Waals surface area (Å²) in [5, 5.41) is 5.21. The third-order valence-electron chi connectivity index (χ3n) is 12.9. The molecule has 10 aromatic rings. The molecule has 12 rings (SSSR count). The molecule has 0 radical (unpaired) electrons. The highest BCUT2D eigenvalue weighted by Crippen LogP contribution is 2.63. The average Bonchev–Trinajstić information content (AvgIpc) is 3.92. The van der Waals surface area contributed by atoms with Crippen LogP contribution >= 0.6 is 0 Å². The van der Waals surface area contributed by atoms with Gasteiger partial charge in [-0.05, 0) is 111 Å². The maximum atomic E-state index is 6.25. The molecule has 2 aliphatic carbocycles. The van der Waals surface area contributed by atoms with E-state index in [-0.39, 0.29) is 11.8 Å². The summed E-state index contributed by atoms with van der Waals surface area (Å²) in [6.45, 7) is 0. The summed E-state index contributed by atoms with van der Waals surface area (Å²) in [6.07, 6.45) is 11.1. The van der Waals surface area contributed by atoms with E-state index in [1.807, 2.05) is 36.5 Å². The molecule has 2 unspecified atom stereocenters. The molecule has 0 N–H and O–H groups in total. The van der Waals surface area contributed by atoms with Crippen molar-refractivity contribution < 1.29 is 4.42 Å². The molecule has 0 spiro atoms. The van der Waals surface area contributed by atoms with Gasteiger partial charge in [0, 0.05) is 58.5 Å². The number of pyridine rings is 2. The summed E-state index contributed by atoms with van der Waals surface area (Å²) in [7, 11) is 0. The van der Waals surface area contributed by atoms with Crippen LogP contribution < -0.4 is 4.90 Å². The Morgan fingerprint density at radius 3 is 1.75 bits per heavy atom. The summed E-state index contributed by atoms with van der Waals surface area (Å²) in [5.41, 5.74) is 12.8. The smallest absolute Gasteiger partial charge is 0.153 e. The Morgan fingerprint density at radius 2 is 1.10 bits per heavy atom. The predicted molar refractivity (Wildman–Crippen MR) is 249 cm³/mol. The average molecular weight is 782 g/mol. The summed E-state index contributed by atoms with van der Waals surface area (Å²) in [5.74, 6) is 0.954. The van der Waals surface area contributed by atoms with Crippen molar-refractivity contribution in [3.63, 3.8) is 0 Å². The summed E-state index contributed by atoms with van der Waals surface area (Å²) < 4.78 is 6.25. The fourth-order valence-electron chi connectivity index (χ4n) is 10.4. The van der Waals surface area contributed by atoms with Crippen LogP contribution in [0.3, 0.4) is 0 Å². The van der Waals surface area contributed by atoms with Crippen molar-refractivity contribution in [2.24, 2.45) is 5.92 Å². The Hall–Kier alpha value is -7.82. The first-order valence-corrected chi connectivity index (χ1v) is 21.0. The lowest BCUT2D eigenvalue weighted by molar-refractivity contribution is 0.456. The minimum atomic E-state index is -0.504. The van der Waals surface area contributed by atoms with E-state index in [4.69, 9.17) is 4.42 Å². The second kappa shape index (κ2) is 14.2. The van der Waals surface area contributed by atoms with Gasteiger partial charge in [0.1, 0.15) is 11.3 Å². The lowest BCUT2D eigenvalue weighted by Gasteiger charge is -2.41. The topological polar surface area (TPSA) is 42.2 Å². The highest BCUT2D eigenvalue weighted by molar-refractivity contribution is 6.12. The van der Waals surface area contributed by atoms with Gasteiger partial charge in [0.25, 0.3) is 0 Å². The largest absolute Gasteiger partial charge is 0.454 e. The van der Waals surface area contributed by atoms with Crippen molar-refractivity contribution in [3.05, 3.63) is 253 Å². The van der Waals surface area contributed by atoms with Gasteiger partial charge >= 0.3 is 0 Å². The van der Waals surface area contributed by atoms with Crippen LogP contribution in [0.15, 0.2) is 235 Å². The molecule has 0 amide bonds. The molecule has 61 heavy (non-hydrogen) atoms. The van der Waals surface area contributed by atoms with Crippen molar-refractivity contribution >= 4 is 44.0 Å². The van der Waals surface area contributed by atoms with E-state index >= 15 is 0 Å². The van der Waals surface area contributed by atoms with Gasteiger partial charge < -0.3 is 9.32 Å². The molecule has 0 saturated heterocycles. The second-order valence-corrected chi connectivity index (χ2v) is 16.1. The molecule has 7 aromatic carbocycles. The van der Waals surface area contributed by atoms with E-state index in [0.29, 0.717) is 0 Å². The minimum Gasteiger partial charge on any atom is -0.454 e. The maximum absolute atomic E-state index is 6.25. The van der Waals surface area contributed by atoms with E-state index in [1.165, 1.54) is 43.8 Å². The number of aromatic nitrogens is 2. The number of hydrogen-bond donors (Lipinski definition) is 0. The van der Waals surface area contributed by atoms with Gasteiger partial charge in [-0.15, -0.1) is 0 Å². The lowest BCUT2D eigenvalue weighted by atomic mass is 9.62. The molecule has 2 aliphatic rings. The Balaban J connectivity index is 1.09. The SMILES string of the molecule is C1=CC2c3c(c4ccccc4c4ccccc34)C(c3ccccc3)(c3ccccc3)C2C=C1N(c1ccc(-c2ccccn2)cc1)c1ccc(-c2cc3ncccc3o2)cc1. The zero-order valence-corrected chi connectivity index (χ0v) is 33.3. The number of allylic oxidation sites excluding steroid dienone is 3. The van der Waals surface area contributed by atoms with Crippen LogP contribution in [0.4, 0.5) is 11.4 Å². The van der Waals surface area contributed by atoms with Gasteiger partial charge in [0.15, 0.2) is 5.58 Å². The third kappa shape index (κ3) is 5.53. The fourth-order valence-corrected chi connectivity index (χ4v) is 10.4. The molecule has 0 aliphatic heterocycles. The molecule has 0 bridgehead atoms. The van der Waals surface area contributed by atoms with Gasteiger partial charge in [0.05, 0.1) is 11.1 Å². The molecule has 4 nitrogen and oxygen atoms in total. The number of fused-ring (bicyclic) bond motifs is 9. The Kier molecular flexibility index (Phi) is 8.17. The first-order valence-electron chi connectivity index (χ1n) is 21.0. The van der Waals surface area contributed by atoms with Crippen LogP contribution in [-0.2, 0) is 5.41 Å². The number of rotatable bonds is 7. The quantitative estimate of drug-likeness (QED) is 0.151. The Bertz CT molecular complexity index is 3220. The summed E-state index contributed by atoms with van der Waals surface area (Å²) in [4.78, 5) is 11.6. The zero-order chi connectivity index (χ0) is 40.3. The van der Waals surface area contributed by atoms with Crippen molar-refractivity contribution in [3.8, 4) is 22.6 Å². The zero-order valence-electron chi connectivity index (χ0n) is 33.3. The molecule has 288 valence electrons. The molecule has 0 fully saturated rings. The molecule has 3 heterocycles. The van der Waals surface area contributed by atoms with Crippen molar-refractivity contribution in [2.45, 2.75) is 11.3 Å². The lowest BCUT2D eigenvalue weighted by Crippen LogP contribution is -2.36. The highest BCUT2D eigenvalue weighted by atomic mass is 16.3. The van der Waals surface area contributed by atoms with Crippen molar-refractivity contribution in [2.75, 3.05) is 4.90 Å². The van der Waals surface area contributed by atoms with Crippen LogP contribution in [-0.4, -0.2) is 9.97 Å². The summed E-state index contributed by atoms with van der Waals surface area (Å²) >= 11 is 0. The standard InChI is InChI=1S/C57H39N3O/c1-3-14-40(15-4-1)57(41-16-5-2-6-17-41)50-36-44(32-33-49(50)55-47-20-9-7-18-45(47)46-19-8-10-21-48(46)56(55)57)60(42-28-24-38(25-29-42)51-22-11-12-34-58-51)43-30-26-39(27-31-43)54-37-52-53(61-54)23-13-35-59-52/h1-37,49-50H. The van der Waals surface area contributed by atoms with Gasteiger partial charge in [-0.3, -0.25) is 9.97 Å². The molecule has 3 aromatic heterocycles. The third-order valence-corrected chi connectivity index (χ3v) is 12.9. The monoisotopic (exact) mass is 781 g/mol. The van der Waals surface area contributed by atoms with E-state index in [2.05, 4.69) is 197 Å². The first-order chi connectivity index (χ1) is 30.3. The predicted octanol–water partition coefficient (Wildman–Crippen LogP) is 14.2. The summed E-state index contributed by atoms with van der Waals surface area (Å²) in [6, 6.07) is 70.0. The molecular formula is C57H39N3O. The fraction of sp³-hybridized carbons (Fsp3) is 0.0526. The van der Waals surface area contributed by atoms with Gasteiger partial charge in [-0.25, -0.2) is 0 Å². The van der Waals surface area contributed by atoms with E-state index in [0.717, 1.165) is 50.8 Å². The number of anilines is 2. The molecule has 2 atom stereocenters. The van der Waals surface area contributed by atoms with E-state index < -0.39 is 5.41 Å². The van der Waals surface area contributed by atoms with Crippen molar-refractivity contribution in [1.82, 2.24) is 9.97 Å². The van der Waals surface area contributed by atoms with Gasteiger partial charge in [-0.2, -0.15) is 0 Å². The number of nitrogens with zero attached hydrogens (tertiary/aromatic N) is 3. The van der Waals surface area contributed by atoms with Crippen LogP contribution in [0.2, 0.25) is 0 Å². The van der Waals surface area contributed by atoms with E-state index in [1.54, 1.807) is 6.20 Å². The number of hydrogen-bond acceptors (Lipinski definition) is 4. The van der Waals surface area contributed by atoms with Crippen molar-refractivity contribution in [1.29, 1.82) is 0 Å². The van der Waals surface area contributed by atoms with E-state index in [9.17, 15) is 0 Å². The normalized spacial score (nSPS) is 16.4. The van der Waals surface area contributed by atoms with Crippen LogP contribution in [0.1, 0.15) is 28.2 Å². The van der Waals surface area contributed by atoms with Gasteiger partial charge in [0.2, 0.25) is 0 Å². The Labute approximate surface area is 354 Å². The highest BCUT2D eigenvalue weighted by Gasteiger charge is 2.55. The Morgan fingerprint density at radius 1 is 0.508 bits per heavy atom. The second-order valence-electron chi connectivity index (χ2n) is 16.1. The molecule has 0 saturated carbocycles. The van der Waals surface area contributed by atoms with Crippen LogP contribution in [0.5, 0.6) is 0 Å². The first kappa shape index (κ1) is 35.2.